The van der Waals surface area contributed by atoms with Crippen molar-refractivity contribution in [1.82, 2.24) is 0 Å². The smallest absolute Gasteiger partial charge is 0.187 e. The Kier molecular flexibility index (Phi) is 3.40. The van der Waals surface area contributed by atoms with Crippen LogP contribution in [0, 0.1) is 5.82 Å². The second-order valence-corrected chi connectivity index (χ2v) is 6.37. The summed E-state index contributed by atoms with van der Waals surface area (Å²) >= 11 is 6.31. The van der Waals surface area contributed by atoms with Crippen molar-refractivity contribution in [3.8, 4) is 0 Å². The van der Waals surface area contributed by atoms with Crippen LogP contribution in [0.2, 0.25) is 0 Å². The van der Waals surface area contributed by atoms with Gasteiger partial charge in [0.25, 0.3) is 0 Å². The first kappa shape index (κ1) is 11.7. The molecule has 0 aliphatic carbocycles. The molecule has 0 saturated heterocycles. The maximum atomic E-state index is 13.5. The fourth-order valence-corrected chi connectivity index (χ4v) is 2.09. The molecule has 0 aliphatic rings. The average Bonchev–Trinajstić information content (AvgIpc) is 2.29. The van der Waals surface area contributed by atoms with E-state index in [1.54, 1.807) is 24.3 Å². The Morgan fingerprint density at radius 2 is 1.69 bits per heavy atom. The Bertz CT molecular complexity index is 552. The fraction of sp³-hybridized carbons (Fsp3) is 0.0833. The lowest BCUT2D eigenvalue weighted by Crippen LogP contribution is -2.07. The summed E-state index contributed by atoms with van der Waals surface area (Å²) in [6, 6.07) is 9.77. The van der Waals surface area contributed by atoms with Crippen molar-refractivity contribution in [3.63, 3.8) is 0 Å². The van der Waals surface area contributed by atoms with E-state index in [-0.39, 0.29) is 11.6 Å². The first-order valence-electron chi connectivity index (χ1n) is 4.61. The van der Waals surface area contributed by atoms with Gasteiger partial charge in [0.1, 0.15) is 9.55 Å². The van der Waals surface area contributed by atoms with Gasteiger partial charge in [0.05, 0.1) is 0 Å². The van der Waals surface area contributed by atoms with E-state index in [4.69, 9.17) is 0 Å². The van der Waals surface area contributed by atoms with Crippen LogP contribution in [0.15, 0.2) is 36.4 Å². The lowest BCUT2D eigenvalue weighted by atomic mass is 10.0. The van der Waals surface area contributed by atoms with E-state index < -0.39 is 3.74 Å². The third-order valence-corrected chi connectivity index (χ3v) is 3.17. The van der Waals surface area contributed by atoms with Crippen molar-refractivity contribution in [2.24, 2.45) is 0 Å². The zero-order chi connectivity index (χ0) is 11.7. The topological polar surface area (TPSA) is 17.1 Å². The number of halogens is 3. The standard InChI is InChI=1S/C12H7Br2FO/c13-12(14)11(16)9-5-6-10(15)8-4-2-1-3-7(8)9/h1-6,12H. The van der Waals surface area contributed by atoms with Crippen LogP contribution >= 0.6 is 31.9 Å². The molecule has 0 bridgehead atoms. The quantitative estimate of drug-likeness (QED) is 0.586. The SMILES string of the molecule is O=C(c1ccc(F)c2ccccc12)C(Br)Br. The predicted octanol–water partition coefficient (Wildman–Crippen LogP) is 4.28. The molecule has 0 spiro atoms. The van der Waals surface area contributed by atoms with E-state index in [0.717, 1.165) is 0 Å². The summed E-state index contributed by atoms with van der Waals surface area (Å²) in [6.45, 7) is 0. The van der Waals surface area contributed by atoms with Gasteiger partial charge in [-0.3, -0.25) is 4.79 Å². The number of benzene rings is 2. The van der Waals surface area contributed by atoms with Crippen LogP contribution in [0.4, 0.5) is 4.39 Å². The van der Waals surface area contributed by atoms with Gasteiger partial charge in [-0.05, 0) is 17.5 Å². The van der Waals surface area contributed by atoms with Gasteiger partial charge in [-0.2, -0.15) is 0 Å². The molecule has 16 heavy (non-hydrogen) atoms. The molecule has 0 heterocycles. The summed E-state index contributed by atoms with van der Waals surface area (Å²) in [4.78, 5) is 11.9. The Morgan fingerprint density at radius 3 is 2.31 bits per heavy atom. The van der Waals surface area contributed by atoms with Gasteiger partial charge in [0.2, 0.25) is 0 Å². The van der Waals surface area contributed by atoms with E-state index in [1.807, 2.05) is 0 Å². The minimum absolute atomic E-state index is 0.115. The van der Waals surface area contributed by atoms with Gasteiger partial charge in [-0.25, -0.2) is 4.39 Å². The van der Waals surface area contributed by atoms with E-state index in [1.165, 1.54) is 12.1 Å². The summed E-state index contributed by atoms with van der Waals surface area (Å²) in [5.74, 6) is -0.427. The largest absolute Gasteiger partial charge is 0.292 e. The second-order valence-electron chi connectivity index (χ2n) is 3.31. The summed E-state index contributed by atoms with van der Waals surface area (Å²) in [7, 11) is 0. The van der Waals surface area contributed by atoms with Crippen molar-refractivity contribution < 1.29 is 9.18 Å². The number of hydrogen-bond donors (Lipinski definition) is 0. The number of carbonyl (C=O) groups is 1. The number of carbonyl (C=O) groups excluding carboxylic acids is 1. The molecular weight excluding hydrogens is 339 g/mol. The van der Waals surface area contributed by atoms with E-state index >= 15 is 0 Å². The van der Waals surface area contributed by atoms with E-state index in [9.17, 15) is 9.18 Å². The first-order chi connectivity index (χ1) is 7.61. The Hall–Kier alpha value is -0.740. The highest BCUT2D eigenvalue weighted by molar-refractivity contribution is 9.25. The summed E-state index contributed by atoms with van der Waals surface area (Å²) in [6.07, 6.45) is 0. The molecule has 2 rings (SSSR count). The molecule has 4 heteroatoms. The molecule has 0 unspecified atom stereocenters. The Morgan fingerprint density at radius 1 is 1.06 bits per heavy atom. The predicted molar refractivity (Wildman–Crippen MR) is 69.9 cm³/mol. The van der Waals surface area contributed by atoms with Crippen LogP contribution in [0.3, 0.4) is 0 Å². The number of Topliss-reactive ketones (excluding diaryl/α,β-unsaturated/α-hetero) is 1. The molecular formula is C12H7Br2FO. The highest BCUT2D eigenvalue weighted by atomic mass is 79.9. The van der Waals surface area contributed by atoms with Crippen LogP contribution in [-0.4, -0.2) is 9.52 Å². The molecule has 82 valence electrons. The fourth-order valence-electron chi connectivity index (χ4n) is 1.59. The maximum absolute atomic E-state index is 13.5. The monoisotopic (exact) mass is 344 g/mol. The van der Waals surface area contributed by atoms with Crippen molar-refractivity contribution in [1.29, 1.82) is 0 Å². The highest BCUT2D eigenvalue weighted by Crippen LogP contribution is 2.25. The maximum Gasteiger partial charge on any atom is 0.187 e. The molecule has 0 fully saturated rings. The third-order valence-electron chi connectivity index (χ3n) is 2.33. The molecule has 2 aromatic rings. The minimum Gasteiger partial charge on any atom is -0.292 e. The van der Waals surface area contributed by atoms with Crippen LogP contribution in [-0.2, 0) is 0 Å². The summed E-state index contributed by atoms with van der Waals surface area (Å²) in [5, 5.41) is 1.10. The highest BCUT2D eigenvalue weighted by Gasteiger charge is 2.17. The Labute approximate surface area is 109 Å². The summed E-state index contributed by atoms with van der Waals surface area (Å²) in [5.41, 5.74) is 0.510. The molecule has 0 saturated carbocycles. The van der Waals surface area contributed by atoms with Gasteiger partial charge in [-0.1, -0.05) is 56.1 Å². The van der Waals surface area contributed by atoms with Crippen molar-refractivity contribution in [2.45, 2.75) is 3.74 Å². The van der Waals surface area contributed by atoms with Gasteiger partial charge >= 0.3 is 0 Å². The lowest BCUT2D eigenvalue weighted by molar-refractivity contribution is 0.101. The van der Waals surface area contributed by atoms with Crippen molar-refractivity contribution in [3.05, 3.63) is 47.8 Å². The van der Waals surface area contributed by atoms with Gasteiger partial charge in [0.15, 0.2) is 5.78 Å². The number of ketones is 1. The lowest BCUT2D eigenvalue weighted by Gasteiger charge is -2.07. The van der Waals surface area contributed by atoms with Gasteiger partial charge in [0, 0.05) is 10.9 Å². The molecule has 0 amide bonds. The normalized spacial score (nSPS) is 11.0. The van der Waals surface area contributed by atoms with Crippen molar-refractivity contribution >= 4 is 48.4 Å². The summed E-state index contributed by atoms with van der Waals surface area (Å²) < 4.78 is 13.0. The van der Waals surface area contributed by atoms with Gasteiger partial charge < -0.3 is 0 Å². The molecule has 1 nitrogen and oxygen atoms in total. The molecule has 0 atom stereocenters. The number of rotatable bonds is 2. The third kappa shape index (κ3) is 2.04. The molecule has 0 aliphatic heterocycles. The number of fused-ring (bicyclic) bond motifs is 1. The minimum atomic E-state index is -0.450. The average molecular weight is 346 g/mol. The second kappa shape index (κ2) is 4.63. The van der Waals surface area contributed by atoms with E-state index in [0.29, 0.717) is 16.3 Å². The Balaban J connectivity index is 2.72. The number of alkyl halides is 2. The van der Waals surface area contributed by atoms with Crippen molar-refractivity contribution in [2.75, 3.05) is 0 Å². The zero-order valence-electron chi connectivity index (χ0n) is 8.08. The molecule has 0 N–H and O–H groups in total. The zero-order valence-corrected chi connectivity index (χ0v) is 11.3. The first-order valence-corrected chi connectivity index (χ1v) is 6.44. The number of hydrogen-bond acceptors (Lipinski definition) is 1. The van der Waals surface area contributed by atoms with Crippen LogP contribution in [0.5, 0.6) is 0 Å². The molecule has 0 radical (unpaired) electrons. The van der Waals surface area contributed by atoms with Crippen LogP contribution in [0.1, 0.15) is 10.4 Å². The van der Waals surface area contributed by atoms with Gasteiger partial charge in [-0.15, -0.1) is 0 Å². The molecule has 0 aromatic heterocycles. The van der Waals surface area contributed by atoms with E-state index in [2.05, 4.69) is 31.9 Å². The molecule has 2 aromatic carbocycles. The van der Waals surface area contributed by atoms with Crippen LogP contribution in [0.25, 0.3) is 10.8 Å². The van der Waals surface area contributed by atoms with Crippen LogP contribution < -0.4 is 0 Å².